The highest BCUT2D eigenvalue weighted by Crippen LogP contribution is 2.32. The lowest BCUT2D eigenvalue weighted by atomic mass is 10.1. The third kappa shape index (κ3) is 3.51. The van der Waals surface area contributed by atoms with E-state index in [4.69, 9.17) is 14.7 Å². The van der Waals surface area contributed by atoms with Crippen LogP contribution in [-0.2, 0) is 11.3 Å². The summed E-state index contributed by atoms with van der Waals surface area (Å²) in [6.07, 6.45) is 2.69. The van der Waals surface area contributed by atoms with Gasteiger partial charge in [-0.2, -0.15) is 0 Å². The molecule has 0 radical (unpaired) electrons. The number of aryl methyl sites for hydroxylation is 2. The molecule has 0 bridgehead atoms. The first kappa shape index (κ1) is 22.8. The molecule has 6 rings (SSSR count). The topological polar surface area (TPSA) is 97.9 Å². The smallest absolute Gasteiger partial charge is 0.262 e. The molecule has 0 spiro atoms. The van der Waals surface area contributed by atoms with Crippen LogP contribution in [0, 0.1) is 13.8 Å². The third-order valence-corrected chi connectivity index (χ3v) is 7.51. The number of nitrogens with zero attached hydrogens (tertiary/aromatic N) is 7. The molecule has 1 saturated heterocycles. The molecule has 5 heterocycles. The number of imide groups is 1. The number of morpholine rings is 1. The van der Waals surface area contributed by atoms with Gasteiger partial charge in [0.1, 0.15) is 12.0 Å². The van der Waals surface area contributed by atoms with Gasteiger partial charge in [0.15, 0.2) is 11.5 Å². The summed E-state index contributed by atoms with van der Waals surface area (Å²) in [6, 6.07) is 6.28. The Bertz CT molecular complexity index is 1460. The number of carbonyl (C=O) groups excluding carboxylic acids is 2. The van der Waals surface area contributed by atoms with Crippen molar-refractivity contribution in [2.24, 2.45) is 0 Å². The predicted octanol–water partition coefficient (Wildman–Crippen LogP) is 2.78. The van der Waals surface area contributed by atoms with E-state index in [9.17, 15) is 9.59 Å². The van der Waals surface area contributed by atoms with Crippen LogP contribution in [0.3, 0.4) is 0 Å². The molecule has 3 aromatic heterocycles. The van der Waals surface area contributed by atoms with E-state index in [2.05, 4.69) is 28.4 Å². The van der Waals surface area contributed by atoms with Crippen molar-refractivity contribution in [2.45, 2.75) is 39.8 Å². The maximum atomic E-state index is 13.0. The first-order valence-electron chi connectivity index (χ1n) is 12.4. The zero-order chi connectivity index (χ0) is 25.0. The van der Waals surface area contributed by atoms with E-state index in [1.54, 1.807) is 42.0 Å². The predicted molar refractivity (Wildman–Crippen MR) is 133 cm³/mol. The molecule has 10 heteroatoms. The summed E-state index contributed by atoms with van der Waals surface area (Å²) in [5.41, 5.74) is 4.68. The van der Waals surface area contributed by atoms with Crippen LogP contribution in [-0.4, -0.2) is 78.6 Å². The molecule has 1 aromatic carbocycles. The van der Waals surface area contributed by atoms with Crippen LogP contribution in [0.25, 0.3) is 16.7 Å². The van der Waals surface area contributed by atoms with Crippen LogP contribution in [0.4, 0.5) is 0 Å². The monoisotopic (exact) mass is 487 g/mol. The Morgan fingerprint density at radius 1 is 1.00 bits per heavy atom. The van der Waals surface area contributed by atoms with Gasteiger partial charge in [0.25, 0.3) is 11.8 Å². The minimum absolute atomic E-state index is 0.316. The van der Waals surface area contributed by atoms with Gasteiger partial charge >= 0.3 is 0 Å². The van der Waals surface area contributed by atoms with Gasteiger partial charge in [-0.25, -0.2) is 14.5 Å². The quantitative estimate of drug-likeness (QED) is 0.386. The van der Waals surface area contributed by atoms with Crippen molar-refractivity contribution < 1.29 is 14.3 Å². The maximum absolute atomic E-state index is 13.0. The van der Waals surface area contributed by atoms with E-state index in [0.717, 1.165) is 68.1 Å². The molecule has 1 atom stereocenters. The van der Waals surface area contributed by atoms with Gasteiger partial charge in [0, 0.05) is 31.9 Å². The molecule has 1 fully saturated rings. The van der Waals surface area contributed by atoms with Crippen LogP contribution in [0.1, 0.15) is 57.2 Å². The molecule has 2 aliphatic rings. The highest BCUT2D eigenvalue weighted by Gasteiger charge is 2.40. The van der Waals surface area contributed by atoms with Crippen LogP contribution in [0.5, 0.6) is 0 Å². The Morgan fingerprint density at radius 3 is 2.39 bits per heavy atom. The first-order valence-corrected chi connectivity index (χ1v) is 12.4. The van der Waals surface area contributed by atoms with E-state index >= 15 is 0 Å². The summed E-state index contributed by atoms with van der Waals surface area (Å²) in [4.78, 5) is 39.2. The number of benzene rings is 1. The largest absolute Gasteiger partial charge is 0.379 e. The van der Waals surface area contributed by atoms with Gasteiger partial charge < -0.3 is 9.30 Å². The third-order valence-electron chi connectivity index (χ3n) is 7.51. The summed E-state index contributed by atoms with van der Waals surface area (Å²) in [7, 11) is 0. The Balaban J connectivity index is 1.31. The summed E-state index contributed by atoms with van der Waals surface area (Å²) in [6.45, 7) is 11.4. The maximum Gasteiger partial charge on any atom is 0.262 e. The zero-order valence-corrected chi connectivity index (χ0v) is 20.8. The zero-order valence-electron chi connectivity index (χ0n) is 20.8. The van der Waals surface area contributed by atoms with Crippen molar-refractivity contribution >= 4 is 28.5 Å². The lowest BCUT2D eigenvalue weighted by Crippen LogP contribution is -2.37. The van der Waals surface area contributed by atoms with Gasteiger partial charge in [-0.05, 0) is 44.9 Å². The van der Waals surface area contributed by atoms with E-state index in [1.165, 1.54) is 4.90 Å². The number of hydrogen-bond acceptors (Lipinski definition) is 7. The summed E-state index contributed by atoms with van der Waals surface area (Å²) >= 11 is 0. The molecule has 36 heavy (non-hydrogen) atoms. The number of amides is 2. The highest BCUT2D eigenvalue weighted by molar-refractivity contribution is 6.21. The van der Waals surface area contributed by atoms with E-state index in [0.29, 0.717) is 22.6 Å². The van der Waals surface area contributed by atoms with Crippen molar-refractivity contribution in [3.8, 4) is 0 Å². The molecule has 0 N–H and O–H groups in total. The van der Waals surface area contributed by atoms with Gasteiger partial charge in [-0.1, -0.05) is 12.1 Å². The molecule has 2 aliphatic heterocycles. The van der Waals surface area contributed by atoms with Crippen molar-refractivity contribution in [1.29, 1.82) is 0 Å². The summed E-state index contributed by atoms with van der Waals surface area (Å²) in [5.74, 6) is -0.219. The number of rotatable bonds is 6. The number of carbonyl (C=O) groups is 2. The molecule has 2 amide bonds. The summed E-state index contributed by atoms with van der Waals surface area (Å²) in [5, 5.41) is 5.57. The van der Waals surface area contributed by atoms with Crippen molar-refractivity contribution in [3.05, 3.63) is 58.8 Å². The van der Waals surface area contributed by atoms with Crippen molar-refractivity contribution in [2.75, 3.05) is 32.8 Å². The Kier molecular flexibility index (Phi) is 5.57. The molecular formula is C26H29N7O3. The summed E-state index contributed by atoms with van der Waals surface area (Å²) < 4.78 is 9.36. The van der Waals surface area contributed by atoms with E-state index < -0.39 is 6.04 Å². The standard InChI is InChI=1S/C26H29N7O3/c1-16-17(2)31(10-6-9-30-11-13-36-14-12-30)23-21(16)24-28-22(29-32(24)15-27-23)18(3)33-25(34)19-7-4-5-8-20(19)26(33)35/h4-5,7-8,15,18H,6,9-14H2,1-3H3/t18-/m0/s1. The molecular weight excluding hydrogens is 458 g/mol. The van der Waals surface area contributed by atoms with Gasteiger partial charge in [0.05, 0.1) is 35.8 Å². The fourth-order valence-corrected chi connectivity index (χ4v) is 5.35. The number of fused-ring (bicyclic) bond motifs is 4. The van der Waals surface area contributed by atoms with E-state index in [-0.39, 0.29) is 11.8 Å². The minimum atomic E-state index is -0.607. The molecule has 0 saturated carbocycles. The fourth-order valence-electron chi connectivity index (χ4n) is 5.35. The molecule has 0 unspecified atom stereocenters. The van der Waals surface area contributed by atoms with Crippen molar-refractivity contribution in [3.63, 3.8) is 0 Å². The second-order valence-corrected chi connectivity index (χ2v) is 9.55. The average Bonchev–Trinajstić information content (AvgIpc) is 3.52. The Hall–Kier alpha value is -3.63. The number of aromatic nitrogens is 5. The van der Waals surface area contributed by atoms with E-state index in [1.807, 2.05) is 0 Å². The second kappa shape index (κ2) is 8.79. The van der Waals surface area contributed by atoms with Crippen LogP contribution in [0.2, 0.25) is 0 Å². The average molecular weight is 488 g/mol. The fraction of sp³-hybridized carbons (Fsp3) is 0.423. The van der Waals surface area contributed by atoms with Crippen molar-refractivity contribution in [1.82, 2.24) is 33.9 Å². The Morgan fingerprint density at radius 2 is 1.69 bits per heavy atom. The Labute approximate surface area is 208 Å². The first-order chi connectivity index (χ1) is 17.5. The molecule has 10 nitrogen and oxygen atoms in total. The molecule has 0 aliphatic carbocycles. The molecule has 4 aromatic rings. The van der Waals surface area contributed by atoms with Gasteiger partial charge in [0.2, 0.25) is 0 Å². The SMILES string of the molecule is Cc1c(C)n(CCCN2CCOCC2)c2ncn3nc([C@H](C)N4C(=O)c5ccccc5C4=O)nc3c12. The normalized spacial score (nSPS) is 17.5. The lowest BCUT2D eigenvalue weighted by molar-refractivity contribution is 0.0369. The number of ether oxygens (including phenoxy) is 1. The van der Waals surface area contributed by atoms with Gasteiger partial charge in [-0.15, -0.1) is 5.10 Å². The van der Waals surface area contributed by atoms with Crippen LogP contribution in [0.15, 0.2) is 30.6 Å². The molecule has 186 valence electrons. The van der Waals surface area contributed by atoms with Gasteiger partial charge in [-0.3, -0.25) is 19.4 Å². The minimum Gasteiger partial charge on any atom is -0.379 e. The second-order valence-electron chi connectivity index (χ2n) is 9.55. The lowest BCUT2D eigenvalue weighted by Gasteiger charge is -2.26. The van der Waals surface area contributed by atoms with Crippen LogP contribution >= 0.6 is 0 Å². The van der Waals surface area contributed by atoms with Crippen LogP contribution < -0.4 is 0 Å². The number of hydrogen-bond donors (Lipinski definition) is 0. The highest BCUT2D eigenvalue weighted by atomic mass is 16.5.